The lowest BCUT2D eigenvalue weighted by atomic mass is 9.99. The monoisotopic (exact) mass is 788 g/mol. The molecule has 11 heteroatoms. The van der Waals surface area contributed by atoms with E-state index in [2.05, 4.69) is 52.6 Å². The number of allylic oxidation sites excluding steroid dienone is 1. The van der Waals surface area contributed by atoms with Crippen molar-refractivity contribution in [3.05, 3.63) is 113 Å². The number of benzene rings is 3. The second-order valence-corrected chi connectivity index (χ2v) is 15.9. The molecule has 300 valence electrons. The summed E-state index contributed by atoms with van der Waals surface area (Å²) < 4.78 is 14.1. The van der Waals surface area contributed by atoms with Crippen molar-refractivity contribution in [2.45, 2.75) is 83.5 Å². The summed E-state index contributed by atoms with van der Waals surface area (Å²) in [7, 11) is 0. The molecule has 4 aliphatic rings. The number of piperidine rings is 1. The first-order chi connectivity index (χ1) is 28.8. The van der Waals surface area contributed by atoms with E-state index >= 15 is 0 Å². The largest absolute Gasteiger partial charge is 0.494 e. The van der Waals surface area contributed by atoms with Gasteiger partial charge in [0, 0.05) is 91.6 Å². The second-order valence-electron chi connectivity index (χ2n) is 15.9. The molecule has 6 heterocycles. The number of rotatable bonds is 9. The van der Waals surface area contributed by atoms with Crippen LogP contribution in [0.4, 0.5) is 0 Å². The zero-order valence-electron chi connectivity index (χ0n) is 33.5. The fourth-order valence-corrected chi connectivity index (χ4v) is 8.85. The topological polar surface area (TPSA) is 119 Å². The standard InChI is InChI=1S/C48H48N6O5/c1-31-14-19-43(47(56)50-31)54-29-41-33(10-7-13-39(41)48(54)57)9-5-3-4-6-24-59-37-17-15-34(16-18-37)42-27-36-11-8-12-38(40(36)28-49-42)45-44-30-52(32(2)55)22-23-53(44)46(51-45)35-20-25-58-26-21-35/h7-8,10-13,15-18,27-28,35,43H,1,3-4,6,14,19-26,29-30H2,2H3,(H,50,56). The van der Waals surface area contributed by atoms with Gasteiger partial charge in [-0.2, -0.15) is 0 Å². The zero-order valence-corrected chi connectivity index (χ0v) is 33.5. The van der Waals surface area contributed by atoms with Gasteiger partial charge in [0.25, 0.3) is 5.91 Å². The summed E-state index contributed by atoms with van der Waals surface area (Å²) in [6, 6.07) is 21.7. The van der Waals surface area contributed by atoms with Crippen LogP contribution in [0.25, 0.3) is 33.3 Å². The van der Waals surface area contributed by atoms with Gasteiger partial charge in [0.15, 0.2) is 0 Å². The minimum atomic E-state index is -0.485. The van der Waals surface area contributed by atoms with Crippen molar-refractivity contribution >= 4 is 28.5 Å². The summed E-state index contributed by atoms with van der Waals surface area (Å²) in [5.74, 6) is 8.62. The Bertz CT molecular complexity index is 2520. The number of fused-ring (bicyclic) bond motifs is 3. The van der Waals surface area contributed by atoms with E-state index in [1.807, 2.05) is 53.6 Å². The number of nitrogens with one attached hydrogen (secondary N) is 1. The van der Waals surface area contributed by atoms with Crippen molar-refractivity contribution in [1.29, 1.82) is 0 Å². The normalized spacial score (nSPS) is 18.0. The Morgan fingerprint density at radius 1 is 0.983 bits per heavy atom. The Morgan fingerprint density at radius 3 is 2.61 bits per heavy atom. The number of carbonyl (C=O) groups excluding carboxylic acids is 3. The van der Waals surface area contributed by atoms with Crippen LogP contribution in [0.2, 0.25) is 0 Å². The molecule has 2 fully saturated rings. The smallest absolute Gasteiger partial charge is 0.255 e. The van der Waals surface area contributed by atoms with Crippen molar-refractivity contribution in [2.24, 2.45) is 0 Å². The fourth-order valence-electron chi connectivity index (χ4n) is 8.85. The molecule has 4 aliphatic heterocycles. The van der Waals surface area contributed by atoms with Crippen LogP contribution in [-0.4, -0.2) is 74.5 Å². The molecule has 1 unspecified atom stereocenters. The predicted octanol–water partition coefficient (Wildman–Crippen LogP) is 7.37. The van der Waals surface area contributed by atoms with E-state index in [0.717, 1.165) is 107 Å². The number of ether oxygens (including phenoxy) is 2. The maximum atomic E-state index is 13.2. The number of hydrogen-bond acceptors (Lipinski definition) is 7. The van der Waals surface area contributed by atoms with Gasteiger partial charge in [-0.3, -0.25) is 19.4 Å². The lowest BCUT2D eigenvalue weighted by molar-refractivity contribution is -0.130. The Morgan fingerprint density at radius 2 is 1.80 bits per heavy atom. The van der Waals surface area contributed by atoms with Crippen molar-refractivity contribution < 1.29 is 23.9 Å². The van der Waals surface area contributed by atoms with Crippen LogP contribution >= 0.6 is 0 Å². The number of pyridine rings is 1. The SMILES string of the molecule is C=C1CCC(N2Cc3c(C#CCCCCOc4ccc(-c5cc6cccc(-c7nc(C8CCOCC8)n8c7CN(C(C)=O)CC8)c6cn5)cc4)cccc3C2=O)C(=O)N1. The van der Waals surface area contributed by atoms with E-state index in [1.165, 1.54) is 0 Å². The van der Waals surface area contributed by atoms with Crippen molar-refractivity contribution in [1.82, 2.24) is 29.7 Å². The zero-order chi connectivity index (χ0) is 40.5. The molecule has 1 N–H and O–H groups in total. The molecule has 3 amide bonds. The maximum absolute atomic E-state index is 13.2. The van der Waals surface area contributed by atoms with Crippen molar-refractivity contribution in [2.75, 3.05) is 26.4 Å². The Balaban J connectivity index is 0.815. The predicted molar refractivity (Wildman–Crippen MR) is 225 cm³/mol. The number of imidazole rings is 1. The number of amides is 3. The van der Waals surface area contributed by atoms with E-state index in [9.17, 15) is 14.4 Å². The molecule has 0 aliphatic carbocycles. The van der Waals surface area contributed by atoms with E-state index in [-0.39, 0.29) is 17.7 Å². The van der Waals surface area contributed by atoms with E-state index in [4.69, 9.17) is 19.4 Å². The molecule has 0 spiro atoms. The molecule has 9 rings (SSSR count). The first-order valence-corrected chi connectivity index (χ1v) is 20.8. The number of unbranched alkanes of at least 4 members (excludes halogenated alkanes) is 2. The number of aromatic nitrogens is 3. The van der Waals surface area contributed by atoms with Gasteiger partial charge in [0.05, 0.1) is 30.2 Å². The van der Waals surface area contributed by atoms with E-state index in [1.54, 1.807) is 11.8 Å². The summed E-state index contributed by atoms with van der Waals surface area (Å²) in [6.07, 6.45) is 7.56. The lowest BCUT2D eigenvalue weighted by Gasteiger charge is -2.30. The first kappa shape index (κ1) is 38.3. The van der Waals surface area contributed by atoms with Crippen LogP contribution in [0.1, 0.15) is 90.8 Å². The molecule has 3 aromatic carbocycles. The summed E-state index contributed by atoms with van der Waals surface area (Å²) in [6.45, 7) is 9.95. The highest BCUT2D eigenvalue weighted by molar-refractivity contribution is 6.02. The minimum absolute atomic E-state index is 0.0829. The van der Waals surface area contributed by atoms with Crippen LogP contribution in [0, 0.1) is 11.8 Å². The van der Waals surface area contributed by atoms with Crippen molar-refractivity contribution in [3.8, 4) is 40.1 Å². The molecule has 0 radical (unpaired) electrons. The molecule has 1 atom stereocenters. The molecule has 5 aromatic rings. The van der Waals surface area contributed by atoms with Gasteiger partial charge < -0.3 is 29.2 Å². The van der Waals surface area contributed by atoms with Crippen LogP contribution in [-0.2, 0) is 34.0 Å². The third-order valence-electron chi connectivity index (χ3n) is 12.1. The van der Waals surface area contributed by atoms with Crippen LogP contribution in [0.5, 0.6) is 5.75 Å². The Hall–Kier alpha value is -6.25. The fraction of sp³-hybridized carbons (Fsp3) is 0.354. The highest BCUT2D eigenvalue weighted by atomic mass is 16.5. The molecule has 59 heavy (non-hydrogen) atoms. The van der Waals surface area contributed by atoms with Crippen LogP contribution < -0.4 is 10.1 Å². The molecule has 0 saturated carbocycles. The van der Waals surface area contributed by atoms with Crippen molar-refractivity contribution in [3.63, 3.8) is 0 Å². The highest BCUT2D eigenvalue weighted by Crippen LogP contribution is 2.38. The molecule has 11 nitrogen and oxygen atoms in total. The average molecular weight is 789 g/mol. The Kier molecular flexibility index (Phi) is 10.7. The number of hydrogen-bond donors (Lipinski definition) is 1. The van der Waals surface area contributed by atoms with Gasteiger partial charge in [-0.05, 0) is 91.9 Å². The molecular weight excluding hydrogens is 741 g/mol. The van der Waals surface area contributed by atoms with Gasteiger partial charge in [-0.15, -0.1) is 0 Å². The van der Waals surface area contributed by atoms with Crippen LogP contribution in [0.15, 0.2) is 85.2 Å². The quantitative estimate of drug-likeness (QED) is 0.122. The summed E-state index contributed by atoms with van der Waals surface area (Å²) in [5.41, 5.74) is 8.02. The lowest BCUT2D eigenvalue weighted by Crippen LogP contribution is -2.49. The third-order valence-corrected chi connectivity index (χ3v) is 12.1. The number of carbonyl (C=O) groups is 3. The third kappa shape index (κ3) is 7.73. The minimum Gasteiger partial charge on any atom is -0.494 e. The van der Waals surface area contributed by atoms with Gasteiger partial charge in [-0.1, -0.05) is 42.7 Å². The van der Waals surface area contributed by atoms with Crippen LogP contribution in [0.3, 0.4) is 0 Å². The van der Waals surface area contributed by atoms with Gasteiger partial charge in [0.1, 0.15) is 17.6 Å². The molecular formula is C48H48N6O5. The molecule has 2 saturated heterocycles. The average Bonchev–Trinajstić information content (AvgIpc) is 3.81. The van der Waals surface area contributed by atoms with E-state index < -0.39 is 6.04 Å². The summed E-state index contributed by atoms with van der Waals surface area (Å²) in [4.78, 5) is 52.0. The van der Waals surface area contributed by atoms with Gasteiger partial charge >= 0.3 is 0 Å². The van der Waals surface area contributed by atoms with Gasteiger partial charge in [-0.25, -0.2) is 4.98 Å². The maximum Gasteiger partial charge on any atom is 0.255 e. The summed E-state index contributed by atoms with van der Waals surface area (Å²) >= 11 is 0. The Labute approximate surface area is 344 Å². The molecule has 0 bridgehead atoms. The van der Waals surface area contributed by atoms with E-state index in [0.29, 0.717) is 62.7 Å². The first-order valence-electron chi connectivity index (χ1n) is 20.8. The van der Waals surface area contributed by atoms with Gasteiger partial charge in [0.2, 0.25) is 11.8 Å². The summed E-state index contributed by atoms with van der Waals surface area (Å²) in [5, 5.41) is 4.91. The number of nitrogens with zero attached hydrogens (tertiary/aromatic N) is 5. The second kappa shape index (κ2) is 16.5. The molecule has 2 aromatic heterocycles. The highest BCUT2D eigenvalue weighted by Gasteiger charge is 2.39.